The van der Waals surface area contributed by atoms with Gasteiger partial charge in [-0.2, -0.15) is 5.10 Å². The van der Waals surface area contributed by atoms with E-state index in [0.29, 0.717) is 52.6 Å². The molecule has 0 atom stereocenters. The Morgan fingerprint density at radius 1 is 1.25 bits per heavy atom. The summed E-state index contributed by atoms with van der Waals surface area (Å²) in [5.74, 6) is 0.242. The smallest absolute Gasteiger partial charge is 0.244 e. The van der Waals surface area contributed by atoms with Gasteiger partial charge in [-0.05, 0) is 64.7 Å². The van der Waals surface area contributed by atoms with Crippen LogP contribution in [0.1, 0.15) is 50.2 Å². The van der Waals surface area contributed by atoms with E-state index in [4.69, 9.17) is 4.74 Å². The second-order valence-corrected chi connectivity index (χ2v) is 11.3. The van der Waals surface area contributed by atoms with E-state index < -0.39 is 15.6 Å². The molecule has 1 saturated carbocycles. The Morgan fingerprint density at radius 2 is 1.94 bits per heavy atom. The third kappa shape index (κ3) is 4.40. The molecule has 0 bridgehead atoms. The average Bonchev–Trinajstić information content (AvgIpc) is 3.26. The van der Waals surface area contributed by atoms with Gasteiger partial charge in [0.15, 0.2) is 0 Å². The summed E-state index contributed by atoms with van der Waals surface area (Å²) in [4.78, 5) is 5.20. The van der Waals surface area contributed by atoms with Crippen LogP contribution in [0.15, 0.2) is 23.1 Å². The number of rotatable bonds is 6. The highest BCUT2D eigenvalue weighted by Crippen LogP contribution is 2.35. The molecule has 32 heavy (non-hydrogen) atoms. The van der Waals surface area contributed by atoms with Gasteiger partial charge in [0.25, 0.3) is 0 Å². The van der Waals surface area contributed by atoms with Crippen molar-refractivity contribution >= 4 is 26.3 Å². The number of aliphatic hydroxyl groups is 2. The maximum atomic E-state index is 13.2. The minimum atomic E-state index is -3.86. The summed E-state index contributed by atoms with van der Waals surface area (Å²) in [5.41, 5.74) is 0.880. The molecule has 1 fully saturated rings. The molecule has 0 radical (unpaired) electrons. The van der Waals surface area contributed by atoms with Gasteiger partial charge in [0.2, 0.25) is 15.0 Å². The summed E-state index contributed by atoms with van der Waals surface area (Å²) in [6.07, 6.45) is 1.95. The van der Waals surface area contributed by atoms with Crippen molar-refractivity contribution in [2.75, 3.05) is 7.11 Å². The van der Waals surface area contributed by atoms with Crippen molar-refractivity contribution in [2.24, 2.45) is 0 Å². The summed E-state index contributed by atoms with van der Waals surface area (Å²) in [6, 6.07) is 4.73. The van der Waals surface area contributed by atoms with Crippen LogP contribution in [-0.2, 0) is 15.6 Å². The van der Waals surface area contributed by atoms with Crippen LogP contribution in [0, 0.1) is 6.92 Å². The molecule has 3 N–H and O–H groups in total. The Balaban J connectivity index is 1.75. The largest absolute Gasteiger partial charge is 0.495 e. The van der Waals surface area contributed by atoms with Crippen molar-refractivity contribution < 1.29 is 23.4 Å². The summed E-state index contributed by atoms with van der Waals surface area (Å²) in [7, 11) is -2.43. The predicted molar refractivity (Wildman–Crippen MR) is 121 cm³/mol. The predicted octanol–water partition coefficient (Wildman–Crippen LogP) is 2.58. The Morgan fingerprint density at radius 3 is 2.56 bits per heavy atom. The quantitative estimate of drug-likeness (QED) is 0.495. The van der Waals surface area contributed by atoms with Gasteiger partial charge in [0.05, 0.1) is 24.6 Å². The molecule has 3 aromatic rings. The lowest BCUT2D eigenvalue weighted by atomic mass is 9.94. The lowest BCUT2D eigenvalue weighted by Crippen LogP contribution is -2.38. The number of aliphatic hydroxyl groups excluding tert-OH is 1. The number of nitrogens with one attached hydrogen (secondary N) is 1. The van der Waals surface area contributed by atoms with Crippen molar-refractivity contribution in [3.63, 3.8) is 0 Å². The first-order valence-electron chi connectivity index (χ1n) is 10.5. The van der Waals surface area contributed by atoms with Crippen LogP contribution in [0.2, 0.25) is 0 Å². The molecule has 1 aliphatic rings. The Bertz CT molecular complexity index is 1240. The van der Waals surface area contributed by atoms with Crippen molar-refractivity contribution in [1.82, 2.24) is 19.3 Å². The number of nitrogens with zero attached hydrogens (tertiary/aromatic N) is 3. The molecule has 1 aliphatic carbocycles. The standard InChI is InChI=1S/C21H28N4O5S2/c1-12-18(25-20(22-12)31-19(23-25)21(2,3)27)13-5-10-16(30-4)17(11-13)32(28,29)24-14-6-8-15(26)9-7-14/h5,10-11,14-15,24,26-27H,6-9H2,1-4H3. The first kappa shape index (κ1) is 23.1. The van der Waals surface area contributed by atoms with Gasteiger partial charge in [-0.3, -0.25) is 0 Å². The van der Waals surface area contributed by atoms with Gasteiger partial charge in [0, 0.05) is 11.6 Å². The maximum Gasteiger partial charge on any atom is 0.244 e. The van der Waals surface area contributed by atoms with Gasteiger partial charge < -0.3 is 14.9 Å². The topological polar surface area (TPSA) is 126 Å². The lowest BCUT2D eigenvalue weighted by molar-refractivity contribution is 0.0773. The molecule has 0 spiro atoms. The molecular weight excluding hydrogens is 452 g/mol. The third-order valence-electron chi connectivity index (χ3n) is 5.65. The Hall–Kier alpha value is -2.05. The second-order valence-electron chi connectivity index (χ2n) is 8.70. The fraction of sp³-hybridized carbons (Fsp3) is 0.524. The Kier molecular flexibility index (Phi) is 6.05. The highest BCUT2D eigenvalue weighted by Gasteiger charge is 2.29. The molecule has 11 heteroatoms. The highest BCUT2D eigenvalue weighted by atomic mass is 32.2. The molecule has 0 amide bonds. The number of aromatic nitrogens is 3. The molecule has 0 aliphatic heterocycles. The van der Waals surface area contributed by atoms with Crippen LogP contribution in [0.5, 0.6) is 5.75 Å². The molecular formula is C21H28N4O5S2. The number of hydrogen-bond acceptors (Lipinski definition) is 8. The van der Waals surface area contributed by atoms with Crippen LogP contribution < -0.4 is 9.46 Å². The van der Waals surface area contributed by atoms with E-state index in [1.165, 1.54) is 18.4 Å². The zero-order valence-corrected chi connectivity index (χ0v) is 20.1. The van der Waals surface area contributed by atoms with E-state index in [-0.39, 0.29) is 22.8 Å². The third-order valence-corrected chi connectivity index (χ3v) is 8.41. The number of benzene rings is 1. The van der Waals surface area contributed by atoms with Crippen molar-refractivity contribution in [1.29, 1.82) is 0 Å². The summed E-state index contributed by atoms with van der Waals surface area (Å²) < 4.78 is 36.2. The summed E-state index contributed by atoms with van der Waals surface area (Å²) >= 11 is 1.29. The van der Waals surface area contributed by atoms with Gasteiger partial charge in [-0.15, -0.1) is 0 Å². The van der Waals surface area contributed by atoms with Gasteiger partial charge in [-0.25, -0.2) is 22.6 Å². The van der Waals surface area contributed by atoms with Crippen LogP contribution in [-0.4, -0.2) is 52.5 Å². The molecule has 174 valence electrons. The second kappa shape index (κ2) is 8.38. The van der Waals surface area contributed by atoms with E-state index in [1.54, 1.807) is 36.6 Å². The number of sulfonamides is 1. The Labute approximate surface area is 191 Å². The van der Waals surface area contributed by atoms with E-state index >= 15 is 0 Å². The fourth-order valence-corrected chi connectivity index (χ4v) is 6.38. The monoisotopic (exact) mass is 480 g/mol. The first-order valence-corrected chi connectivity index (χ1v) is 12.8. The molecule has 4 rings (SSSR count). The number of hydrogen-bond donors (Lipinski definition) is 3. The van der Waals surface area contributed by atoms with Crippen LogP contribution in [0.25, 0.3) is 16.2 Å². The van der Waals surface area contributed by atoms with Gasteiger partial charge >= 0.3 is 0 Å². The normalized spacial score (nSPS) is 20.1. The zero-order valence-electron chi connectivity index (χ0n) is 18.5. The van der Waals surface area contributed by atoms with E-state index in [1.807, 2.05) is 6.92 Å². The summed E-state index contributed by atoms with van der Waals surface area (Å²) in [5, 5.41) is 25.1. The molecule has 2 heterocycles. The number of aryl methyl sites for hydroxylation is 1. The van der Waals surface area contributed by atoms with E-state index in [2.05, 4.69) is 14.8 Å². The first-order chi connectivity index (χ1) is 15.0. The molecule has 0 unspecified atom stereocenters. The molecule has 0 saturated heterocycles. The number of methoxy groups -OCH3 is 1. The SMILES string of the molecule is COc1ccc(-c2c(C)nc3sc(C(C)(C)O)nn23)cc1S(=O)(=O)NC1CCC(O)CC1. The van der Waals surface area contributed by atoms with E-state index in [0.717, 1.165) is 0 Å². The van der Waals surface area contributed by atoms with Crippen LogP contribution in [0.4, 0.5) is 0 Å². The van der Waals surface area contributed by atoms with Crippen molar-refractivity contribution in [3.8, 4) is 17.0 Å². The summed E-state index contributed by atoms with van der Waals surface area (Å²) in [6.45, 7) is 5.15. The molecule has 9 nitrogen and oxygen atoms in total. The van der Waals surface area contributed by atoms with Gasteiger partial charge in [0.1, 0.15) is 21.3 Å². The maximum absolute atomic E-state index is 13.2. The fourth-order valence-electron chi connectivity index (χ4n) is 3.94. The zero-order chi connectivity index (χ0) is 23.3. The number of ether oxygens (including phenoxy) is 1. The van der Waals surface area contributed by atoms with Crippen LogP contribution >= 0.6 is 11.3 Å². The minimum Gasteiger partial charge on any atom is -0.495 e. The average molecular weight is 481 g/mol. The minimum absolute atomic E-state index is 0.0379. The lowest BCUT2D eigenvalue weighted by Gasteiger charge is -2.26. The highest BCUT2D eigenvalue weighted by molar-refractivity contribution is 7.89. The van der Waals surface area contributed by atoms with E-state index in [9.17, 15) is 18.6 Å². The van der Waals surface area contributed by atoms with Crippen molar-refractivity contribution in [3.05, 3.63) is 28.9 Å². The van der Waals surface area contributed by atoms with Gasteiger partial charge in [-0.1, -0.05) is 11.3 Å². The molecule has 2 aromatic heterocycles. The van der Waals surface area contributed by atoms with Crippen LogP contribution in [0.3, 0.4) is 0 Å². The number of fused-ring (bicyclic) bond motifs is 1. The number of imidazole rings is 1. The van der Waals surface area contributed by atoms with Crippen molar-refractivity contribution in [2.45, 2.75) is 69.1 Å². The molecule has 1 aromatic carbocycles.